The first-order chi connectivity index (χ1) is 16.6. The Bertz CT molecular complexity index is 1130. The van der Waals surface area contributed by atoms with Crippen LogP contribution in [0, 0.1) is 0 Å². The number of morpholine rings is 1. The van der Waals surface area contributed by atoms with Crippen molar-refractivity contribution in [3.05, 3.63) is 47.9 Å². The summed E-state index contributed by atoms with van der Waals surface area (Å²) in [7, 11) is 0. The normalized spacial score (nSPS) is 18.4. The number of urea groups is 1. The van der Waals surface area contributed by atoms with Crippen molar-refractivity contribution in [2.75, 3.05) is 48.4 Å². The van der Waals surface area contributed by atoms with E-state index in [0.717, 1.165) is 49.7 Å². The zero-order valence-electron chi connectivity index (χ0n) is 19.5. The first-order valence-electron chi connectivity index (χ1n) is 11.7. The van der Waals surface area contributed by atoms with Crippen molar-refractivity contribution in [3.8, 4) is 11.4 Å². The second kappa shape index (κ2) is 9.78. The van der Waals surface area contributed by atoms with Gasteiger partial charge in [0.15, 0.2) is 11.6 Å². The number of likely N-dealkylation sites (N-methyl/N-ethyl adjacent to an activating group) is 1. The van der Waals surface area contributed by atoms with E-state index < -0.39 is 6.03 Å². The molecule has 2 aromatic heterocycles. The van der Waals surface area contributed by atoms with Crippen LogP contribution in [0.3, 0.4) is 0 Å². The van der Waals surface area contributed by atoms with Crippen LogP contribution < -0.4 is 15.5 Å². The number of nitrogens with zero attached hydrogens (tertiary/aromatic N) is 5. The van der Waals surface area contributed by atoms with Gasteiger partial charge < -0.3 is 19.5 Å². The van der Waals surface area contributed by atoms with Crippen molar-refractivity contribution in [2.24, 2.45) is 0 Å². The third kappa shape index (κ3) is 4.73. The number of fused-ring (bicyclic) bond motifs is 1. The van der Waals surface area contributed by atoms with Gasteiger partial charge in [-0.05, 0) is 44.2 Å². The van der Waals surface area contributed by atoms with Gasteiger partial charge in [-0.25, -0.2) is 14.8 Å². The molecule has 1 aromatic carbocycles. The molecule has 2 aliphatic heterocycles. The van der Waals surface area contributed by atoms with Crippen LogP contribution in [0.25, 0.3) is 11.4 Å². The third-order valence-corrected chi connectivity index (χ3v) is 6.29. The van der Waals surface area contributed by atoms with Gasteiger partial charge in [0, 0.05) is 42.5 Å². The molecule has 0 unspecified atom stereocenters. The van der Waals surface area contributed by atoms with Gasteiger partial charge in [-0.2, -0.15) is 0 Å². The fourth-order valence-corrected chi connectivity index (χ4v) is 4.40. The second-order valence-corrected chi connectivity index (χ2v) is 8.57. The number of benzene rings is 1. The number of ether oxygens (including phenoxy) is 1. The fraction of sp³-hybridized carbons (Fsp3) is 0.417. The minimum absolute atomic E-state index is 0.264. The maximum atomic E-state index is 12.2. The Kier molecular flexibility index (Phi) is 6.41. The van der Waals surface area contributed by atoms with Crippen LogP contribution in [0.15, 0.2) is 41.1 Å². The highest BCUT2D eigenvalue weighted by molar-refractivity contribution is 5.99. The first-order valence-corrected chi connectivity index (χ1v) is 11.7. The van der Waals surface area contributed by atoms with E-state index in [1.54, 1.807) is 6.07 Å². The van der Waals surface area contributed by atoms with Crippen molar-refractivity contribution in [1.29, 1.82) is 0 Å². The molecule has 10 heteroatoms. The first kappa shape index (κ1) is 22.3. The molecule has 0 spiro atoms. The van der Waals surface area contributed by atoms with E-state index in [1.165, 1.54) is 11.8 Å². The molecule has 178 valence electrons. The Labute approximate surface area is 198 Å². The summed E-state index contributed by atoms with van der Waals surface area (Å²) in [5.74, 6) is 2.08. The summed E-state index contributed by atoms with van der Waals surface area (Å²) in [4.78, 5) is 26.9. The van der Waals surface area contributed by atoms with Crippen molar-refractivity contribution >= 4 is 23.4 Å². The third-order valence-electron chi connectivity index (χ3n) is 6.29. The smallest absolute Gasteiger partial charge is 0.324 e. The van der Waals surface area contributed by atoms with E-state index in [9.17, 15) is 4.79 Å². The Morgan fingerprint density at radius 2 is 2.00 bits per heavy atom. The number of amides is 2. The molecule has 0 saturated carbocycles. The van der Waals surface area contributed by atoms with E-state index >= 15 is 0 Å². The molecule has 1 atom stereocenters. The van der Waals surface area contributed by atoms with Gasteiger partial charge in [0.05, 0.1) is 24.9 Å². The van der Waals surface area contributed by atoms with Gasteiger partial charge in [-0.3, -0.25) is 10.2 Å². The SMILES string of the molecule is CCN1CCc2c(nc(-c3ccc(NC(=O)Nc4ccon4)cc3)nc2N2CCOC[C@@H]2C)C1. The molecule has 3 aromatic rings. The Hall–Kier alpha value is -3.50. The maximum absolute atomic E-state index is 12.2. The van der Waals surface area contributed by atoms with Gasteiger partial charge in [0.1, 0.15) is 12.1 Å². The molecular weight excluding hydrogens is 434 g/mol. The lowest BCUT2D eigenvalue weighted by atomic mass is 10.0. The molecule has 2 N–H and O–H groups in total. The van der Waals surface area contributed by atoms with E-state index in [-0.39, 0.29) is 6.04 Å². The van der Waals surface area contributed by atoms with Gasteiger partial charge in [-0.1, -0.05) is 12.1 Å². The summed E-state index contributed by atoms with van der Waals surface area (Å²) in [6.07, 6.45) is 2.35. The van der Waals surface area contributed by atoms with Crippen molar-refractivity contribution in [1.82, 2.24) is 20.0 Å². The minimum atomic E-state index is -0.394. The Morgan fingerprint density at radius 1 is 1.15 bits per heavy atom. The molecule has 0 bridgehead atoms. The van der Waals surface area contributed by atoms with Gasteiger partial charge in [0.2, 0.25) is 0 Å². The van der Waals surface area contributed by atoms with Gasteiger partial charge in [-0.15, -0.1) is 0 Å². The van der Waals surface area contributed by atoms with Crippen LogP contribution in [-0.2, 0) is 17.7 Å². The standard InChI is InChI=1S/C24H29N7O3/c1-3-30-10-8-19-20(14-30)26-22(28-23(19)31-11-13-33-15-16(31)2)17-4-6-18(7-5-17)25-24(32)27-21-9-12-34-29-21/h4-7,9,12,16H,3,8,10-11,13-15H2,1-2H3,(H2,25,27,29,32)/t16-/m0/s1. The number of hydrogen-bond acceptors (Lipinski definition) is 8. The fourth-order valence-electron chi connectivity index (χ4n) is 4.40. The Balaban J connectivity index is 1.41. The average molecular weight is 464 g/mol. The number of carbonyl (C=O) groups is 1. The molecule has 2 aliphatic rings. The molecule has 5 rings (SSSR count). The highest BCUT2D eigenvalue weighted by Gasteiger charge is 2.28. The number of rotatable bonds is 5. The monoisotopic (exact) mass is 463 g/mol. The highest BCUT2D eigenvalue weighted by atomic mass is 16.5. The van der Waals surface area contributed by atoms with E-state index in [1.807, 2.05) is 24.3 Å². The molecule has 34 heavy (non-hydrogen) atoms. The number of aromatic nitrogens is 3. The predicted molar refractivity (Wildman–Crippen MR) is 129 cm³/mol. The largest absolute Gasteiger partial charge is 0.377 e. The van der Waals surface area contributed by atoms with Crippen LogP contribution in [0.4, 0.5) is 22.1 Å². The molecule has 0 radical (unpaired) electrons. The molecule has 0 aliphatic carbocycles. The van der Waals surface area contributed by atoms with Crippen LogP contribution in [-0.4, -0.2) is 64.9 Å². The lowest BCUT2D eigenvalue weighted by Gasteiger charge is -2.37. The second-order valence-electron chi connectivity index (χ2n) is 8.57. The van der Waals surface area contributed by atoms with Crippen LogP contribution in [0.1, 0.15) is 25.1 Å². The average Bonchev–Trinajstić information content (AvgIpc) is 3.36. The number of carbonyl (C=O) groups excluding carboxylic acids is 1. The van der Waals surface area contributed by atoms with Crippen LogP contribution in [0.5, 0.6) is 0 Å². The van der Waals surface area contributed by atoms with E-state index in [4.69, 9.17) is 19.2 Å². The quantitative estimate of drug-likeness (QED) is 0.593. The topological polar surface area (TPSA) is 109 Å². The predicted octanol–water partition coefficient (Wildman–Crippen LogP) is 3.38. The lowest BCUT2D eigenvalue weighted by molar-refractivity contribution is 0.0983. The summed E-state index contributed by atoms with van der Waals surface area (Å²) in [5, 5.41) is 9.07. The molecule has 2 amide bonds. The maximum Gasteiger partial charge on any atom is 0.324 e. The van der Waals surface area contributed by atoms with E-state index in [2.05, 4.69) is 39.4 Å². The van der Waals surface area contributed by atoms with Gasteiger partial charge >= 0.3 is 6.03 Å². The van der Waals surface area contributed by atoms with Gasteiger partial charge in [0.25, 0.3) is 0 Å². The number of anilines is 3. The summed E-state index contributed by atoms with van der Waals surface area (Å²) in [6, 6.07) is 8.99. The highest BCUT2D eigenvalue weighted by Crippen LogP contribution is 2.31. The van der Waals surface area contributed by atoms with Crippen LogP contribution >= 0.6 is 0 Å². The Morgan fingerprint density at radius 3 is 2.74 bits per heavy atom. The molecular formula is C24H29N7O3. The van der Waals surface area contributed by atoms with Crippen LogP contribution in [0.2, 0.25) is 0 Å². The van der Waals surface area contributed by atoms with Crippen molar-refractivity contribution < 1.29 is 14.1 Å². The number of hydrogen-bond donors (Lipinski definition) is 2. The summed E-state index contributed by atoms with van der Waals surface area (Å²) in [5.41, 5.74) is 3.91. The summed E-state index contributed by atoms with van der Waals surface area (Å²) >= 11 is 0. The number of nitrogens with one attached hydrogen (secondary N) is 2. The minimum Gasteiger partial charge on any atom is -0.377 e. The molecule has 1 fully saturated rings. The molecule has 1 saturated heterocycles. The van der Waals surface area contributed by atoms with Crippen molar-refractivity contribution in [3.63, 3.8) is 0 Å². The zero-order valence-corrected chi connectivity index (χ0v) is 19.5. The summed E-state index contributed by atoms with van der Waals surface area (Å²) in [6.45, 7) is 9.44. The zero-order chi connectivity index (χ0) is 23.5. The summed E-state index contributed by atoms with van der Waals surface area (Å²) < 4.78 is 10.4. The molecule has 4 heterocycles. The lowest BCUT2D eigenvalue weighted by Crippen LogP contribution is -2.45. The van der Waals surface area contributed by atoms with E-state index in [0.29, 0.717) is 30.5 Å². The molecule has 10 nitrogen and oxygen atoms in total. The van der Waals surface area contributed by atoms with Crippen molar-refractivity contribution in [2.45, 2.75) is 32.9 Å².